The molecule has 2 atom stereocenters. The van der Waals surface area contributed by atoms with Crippen LogP contribution in [0.2, 0.25) is 0 Å². The maximum absolute atomic E-state index is 6.01. The molecule has 0 aliphatic carbocycles. The second-order valence-corrected chi connectivity index (χ2v) is 4.97. The second-order valence-electron chi connectivity index (χ2n) is 4.97. The third-order valence-electron chi connectivity index (χ3n) is 3.49. The lowest BCUT2D eigenvalue weighted by molar-refractivity contribution is 0.0347. The Labute approximate surface area is 121 Å². The van der Waals surface area contributed by atoms with Crippen LogP contribution in [0, 0.1) is 6.92 Å². The van der Waals surface area contributed by atoms with Crippen LogP contribution in [0.1, 0.15) is 35.8 Å². The van der Waals surface area contributed by atoms with Crippen molar-refractivity contribution in [2.45, 2.75) is 26.0 Å². The van der Waals surface area contributed by atoms with E-state index < -0.39 is 0 Å². The van der Waals surface area contributed by atoms with Gasteiger partial charge in [-0.1, -0.05) is 60.2 Å². The molecule has 0 spiro atoms. The van der Waals surface area contributed by atoms with E-state index in [4.69, 9.17) is 4.74 Å². The Balaban J connectivity index is 2.35. The zero-order valence-electron chi connectivity index (χ0n) is 12.5. The van der Waals surface area contributed by atoms with E-state index in [0.29, 0.717) is 6.61 Å². The van der Waals surface area contributed by atoms with Gasteiger partial charge in [0, 0.05) is 6.61 Å². The monoisotopic (exact) mass is 269 g/mol. The molecule has 0 heterocycles. The molecule has 2 aromatic carbocycles. The summed E-state index contributed by atoms with van der Waals surface area (Å²) in [5.74, 6) is 0. The lowest BCUT2D eigenvalue weighted by Gasteiger charge is -2.28. The van der Waals surface area contributed by atoms with Crippen molar-refractivity contribution in [2.75, 3.05) is 13.7 Å². The molecule has 1 N–H and O–H groups in total. The van der Waals surface area contributed by atoms with E-state index in [1.807, 2.05) is 20.0 Å². The highest BCUT2D eigenvalue weighted by Gasteiger charge is 2.23. The van der Waals surface area contributed by atoms with Gasteiger partial charge in [-0.3, -0.25) is 0 Å². The standard InChI is InChI=1S/C18H23NO/c1-4-20-18(15-10-6-5-7-11-15)17(19-3)16-12-8-9-14(2)13-16/h5-13,17-19H,4H2,1-3H3. The second kappa shape index (κ2) is 7.22. The molecule has 20 heavy (non-hydrogen) atoms. The molecule has 0 saturated heterocycles. The van der Waals surface area contributed by atoms with E-state index in [-0.39, 0.29) is 12.1 Å². The van der Waals surface area contributed by atoms with Crippen LogP contribution in [-0.4, -0.2) is 13.7 Å². The summed E-state index contributed by atoms with van der Waals surface area (Å²) in [7, 11) is 1.99. The first kappa shape index (κ1) is 14.8. The zero-order chi connectivity index (χ0) is 14.4. The van der Waals surface area contributed by atoms with E-state index >= 15 is 0 Å². The Kier molecular flexibility index (Phi) is 5.33. The average molecular weight is 269 g/mol. The van der Waals surface area contributed by atoms with Crippen molar-refractivity contribution in [3.63, 3.8) is 0 Å². The maximum atomic E-state index is 6.01. The molecule has 0 saturated carbocycles. The van der Waals surface area contributed by atoms with Crippen molar-refractivity contribution >= 4 is 0 Å². The fourth-order valence-corrected chi connectivity index (χ4v) is 2.56. The third kappa shape index (κ3) is 3.47. The first-order chi connectivity index (χ1) is 9.76. The Hall–Kier alpha value is -1.64. The summed E-state index contributed by atoms with van der Waals surface area (Å²) < 4.78 is 6.01. The maximum Gasteiger partial charge on any atom is 0.102 e. The highest BCUT2D eigenvalue weighted by Crippen LogP contribution is 2.32. The van der Waals surface area contributed by atoms with Gasteiger partial charge in [0.05, 0.1) is 6.04 Å². The fourth-order valence-electron chi connectivity index (χ4n) is 2.56. The van der Waals surface area contributed by atoms with Gasteiger partial charge < -0.3 is 10.1 Å². The van der Waals surface area contributed by atoms with Crippen LogP contribution < -0.4 is 5.32 Å². The molecule has 2 rings (SSSR count). The summed E-state index contributed by atoms with van der Waals surface area (Å²) in [5.41, 5.74) is 3.73. The lowest BCUT2D eigenvalue weighted by atomic mass is 9.94. The molecule has 0 amide bonds. The summed E-state index contributed by atoms with van der Waals surface area (Å²) >= 11 is 0. The molecule has 2 nitrogen and oxygen atoms in total. The van der Waals surface area contributed by atoms with Crippen LogP contribution in [0.5, 0.6) is 0 Å². The van der Waals surface area contributed by atoms with Crippen LogP contribution in [0.15, 0.2) is 54.6 Å². The van der Waals surface area contributed by atoms with E-state index in [2.05, 4.69) is 60.8 Å². The van der Waals surface area contributed by atoms with E-state index in [1.165, 1.54) is 16.7 Å². The predicted molar refractivity (Wildman–Crippen MR) is 83.8 cm³/mol. The highest BCUT2D eigenvalue weighted by atomic mass is 16.5. The SMILES string of the molecule is CCOC(c1ccccc1)C(NC)c1cccc(C)c1. The van der Waals surface area contributed by atoms with E-state index in [0.717, 1.165) is 0 Å². The van der Waals surface area contributed by atoms with Gasteiger partial charge in [-0.2, -0.15) is 0 Å². The van der Waals surface area contributed by atoms with Gasteiger partial charge in [-0.05, 0) is 32.0 Å². The first-order valence-electron chi connectivity index (χ1n) is 7.16. The Morgan fingerprint density at radius 2 is 1.70 bits per heavy atom. The normalized spacial score (nSPS) is 13.9. The molecule has 0 radical (unpaired) electrons. The highest BCUT2D eigenvalue weighted by molar-refractivity contribution is 5.29. The van der Waals surface area contributed by atoms with Crippen molar-refractivity contribution in [2.24, 2.45) is 0 Å². The summed E-state index contributed by atoms with van der Waals surface area (Å²) in [6, 6.07) is 19.2. The fraction of sp³-hybridized carbons (Fsp3) is 0.333. The quantitative estimate of drug-likeness (QED) is 0.854. The largest absolute Gasteiger partial charge is 0.372 e. The number of rotatable bonds is 6. The number of likely N-dealkylation sites (N-methyl/N-ethyl adjacent to an activating group) is 1. The first-order valence-corrected chi connectivity index (χ1v) is 7.16. The number of hydrogen-bond acceptors (Lipinski definition) is 2. The van der Waals surface area contributed by atoms with Crippen molar-refractivity contribution in [1.29, 1.82) is 0 Å². The van der Waals surface area contributed by atoms with E-state index in [9.17, 15) is 0 Å². The summed E-state index contributed by atoms with van der Waals surface area (Å²) in [6.07, 6.45) is 0.0213. The molecule has 0 aliphatic heterocycles. The molecule has 0 bridgehead atoms. The smallest absolute Gasteiger partial charge is 0.102 e. The summed E-state index contributed by atoms with van der Waals surface area (Å²) in [6.45, 7) is 4.86. The van der Waals surface area contributed by atoms with Gasteiger partial charge in [0.25, 0.3) is 0 Å². The minimum Gasteiger partial charge on any atom is -0.372 e. The molecule has 0 aromatic heterocycles. The van der Waals surface area contributed by atoms with Crippen LogP contribution in [0.25, 0.3) is 0 Å². The van der Waals surface area contributed by atoms with Crippen LogP contribution in [0.4, 0.5) is 0 Å². The minimum atomic E-state index is 0.0213. The van der Waals surface area contributed by atoms with Crippen LogP contribution in [0.3, 0.4) is 0 Å². The average Bonchev–Trinajstić information content (AvgIpc) is 2.48. The van der Waals surface area contributed by atoms with Crippen molar-refractivity contribution < 1.29 is 4.74 Å². The zero-order valence-corrected chi connectivity index (χ0v) is 12.5. The molecule has 2 unspecified atom stereocenters. The van der Waals surface area contributed by atoms with Gasteiger partial charge in [0.15, 0.2) is 0 Å². The Morgan fingerprint density at radius 1 is 1.00 bits per heavy atom. The van der Waals surface area contributed by atoms with Gasteiger partial charge in [-0.15, -0.1) is 0 Å². The van der Waals surface area contributed by atoms with Gasteiger partial charge in [0.2, 0.25) is 0 Å². The number of hydrogen-bond donors (Lipinski definition) is 1. The van der Waals surface area contributed by atoms with E-state index in [1.54, 1.807) is 0 Å². The molecule has 106 valence electrons. The molecular formula is C18H23NO. The summed E-state index contributed by atoms with van der Waals surface area (Å²) in [5, 5.41) is 3.40. The van der Waals surface area contributed by atoms with Gasteiger partial charge in [0.1, 0.15) is 6.10 Å². The van der Waals surface area contributed by atoms with Crippen molar-refractivity contribution in [3.8, 4) is 0 Å². The molecule has 2 aromatic rings. The Morgan fingerprint density at radius 3 is 2.30 bits per heavy atom. The molecular weight excluding hydrogens is 246 g/mol. The third-order valence-corrected chi connectivity index (χ3v) is 3.49. The number of ether oxygens (including phenoxy) is 1. The topological polar surface area (TPSA) is 21.3 Å². The van der Waals surface area contributed by atoms with Crippen LogP contribution in [-0.2, 0) is 4.74 Å². The molecule has 2 heteroatoms. The van der Waals surface area contributed by atoms with Crippen molar-refractivity contribution in [3.05, 3.63) is 71.3 Å². The van der Waals surface area contributed by atoms with Gasteiger partial charge in [-0.25, -0.2) is 0 Å². The van der Waals surface area contributed by atoms with Crippen molar-refractivity contribution in [1.82, 2.24) is 5.32 Å². The number of nitrogens with one attached hydrogen (secondary N) is 1. The number of benzene rings is 2. The predicted octanol–water partition coefficient (Wildman–Crippen LogP) is 4.03. The summed E-state index contributed by atoms with van der Waals surface area (Å²) in [4.78, 5) is 0. The lowest BCUT2D eigenvalue weighted by Crippen LogP contribution is -2.26. The van der Waals surface area contributed by atoms with Gasteiger partial charge >= 0.3 is 0 Å². The number of aryl methyl sites for hydroxylation is 1. The molecule has 0 aliphatic rings. The van der Waals surface area contributed by atoms with Crippen LogP contribution >= 0.6 is 0 Å². The molecule has 0 fully saturated rings. The minimum absolute atomic E-state index is 0.0213. The Bertz CT molecular complexity index is 524.